The quantitative estimate of drug-likeness (QED) is 0.772. The van der Waals surface area contributed by atoms with Crippen LogP contribution >= 0.6 is 0 Å². The van der Waals surface area contributed by atoms with Crippen molar-refractivity contribution in [1.29, 1.82) is 5.26 Å². The van der Waals surface area contributed by atoms with Gasteiger partial charge in [-0.2, -0.15) is 18.4 Å². The minimum absolute atomic E-state index is 0.0231. The third-order valence-electron chi connectivity index (χ3n) is 2.71. The lowest BCUT2D eigenvalue weighted by atomic mass is 10.1. The maximum atomic E-state index is 12.3. The molecular weight excluding hydrogens is 261 g/mol. The average Bonchev–Trinajstić information content (AvgIpc) is 2.59. The number of fused-ring (bicyclic) bond motifs is 1. The molecule has 0 aromatic heterocycles. The van der Waals surface area contributed by atoms with Crippen LogP contribution in [0.15, 0.2) is 24.3 Å². The number of carbonyl (C=O) groups is 2. The van der Waals surface area contributed by atoms with Gasteiger partial charge in [-0.3, -0.25) is 14.5 Å². The summed E-state index contributed by atoms with van der Waals surface area (Å²) >= 11 is 0. The van der Waals surface area contributed by atoms with E-state index in [1.54, 1.807) is 0 Å². The predicted molar refractivity (Wildman–Crippen MR) is 57.0 cm³/mol. The number of benzene rings is 1. The zero-order valence-corrected chi connectivity index (χ0v) is 9.44. The summed E-state index contributed by atoms with van der Waals surface area (Å²) in [6, 6.07) is 5.21. The monoisotopic (exact) mass is 268 g/mol. The van der Waals surface area contributed by atoms with Crippen molar-refractivity contribution in [3.8, 4) is 6.07 Å². The molecule has 1 aliphatic heterocycles. The standard InChI is InChI=1S/C12H7F3N2O2/c13-12(14,15)5-7(6-16)17-10(18)8-3-1-2-4-9(8)11(17)19/h1-4,7H,5H2/t7-/m1/s1. The summed E-state index contributed by atoms with van der Waals surface area (Å²) in [5, 5.41) is 8.77. The Morgan fingerprint density at radius 2 is 1.63 bits per heavy atom. The number of carbonyl (C=O) groups excluding carboxylic acids is 2. The Balaban J connectivity index is 2.36. The fraction of sp³-hybridized carbons (Fsp3) is 0.250. The van der Waals surface area contributed by atoms with Gasteiger partial charge in [0.05, 0.1) is 23.6 Å². The molecule has 1 aromatic rings. The Morgan fingerprint density at radius 1 is 1.16 bits per heavy atom. The van der Waals surface area contributed by atoms with Crippen molar-refractivity contribution in [3.05, 3.63) is 35.4 Å². The largest absolute Gasteiger partial charge is 0.392 e. The van der Waals surface area contributed by atoms with Crippen molar-refractivity contribution >= 4 is 11.8 Å². The summed E-state index contributed by atoms with van der Waals surface area (Å²) < 4.78 is 37.0. The molecule has 4 nitrogen and oxygen atoms in total. The number of nitriles is 1. The second kappa shape index (κ2) is 4.39. The van der Waals surface area contributed by atoms with Crippen molar-refractivity contribution in [2.24, 2.45) is 0 Å². The minimum atomic E-state index is -4.63. The second-order valence-corrected chi connectivity index (χ2v) is 3.99. The van der Waals surface area contributed by atoms with E-state index in [4.69, 9.17) is 5.26 Å². The number of hydrogen-bond donors (Lipinski definition) is 0. The topological polar surface area (TPSA) is 61.2 Å². The van der Waals surface area contributed by atoms with Crippen LogP contribution in [0.5, 0.6) is 0 Å². The van der Waals surface area contributed by atoms with E-state index in [2.05, 4.69) is 0 Å². The number of amides is 2. The lowest BCUT2D eigenvalue weighted by Gasteiger charge is -2.21. The van der Waals surface area contributed by atoms with Crippen LogP contribution in [0.4, 0.5) is 13.2 Å². The molecule has 7 heteroatoms. The van der Waals surface area contributed by atoms with Gasteiger partial charge in [-0.05, 0) is 12.1 Å². The lowest BCUT2D eigenvalue weighted by molar-refractivity contribution is -0.140. The molecule has 0 bridgehead atoms. The summed E-state index contributed by atoms with van der Waals surface area (Å²) in [6.07, 6.45) is -6.16. The van der Waals surface area contributed by atoms with Gasteiger partial charge in [-0.1, -0.05) is 12.1 Å². The summed E-state index contributed by atoms with van der Waals surface area (Å²) in [5.41, 5.74) is 0.0462. The van der Waals surface area contributed by atoms with Crippen molar-refractivity contribution in [2.45, 2.75) is 18.6 Å². The van der Waals surface area contributed by atoms with Crippen molar-refractivity contribution in [3.63, 3.8) is 0 Å². The van der Waals surface area contributed by atoms with Gasteiger partial charge < -0.3 is 0 Å². The summed E-state index contributed by atoms with van der Waals surface area (Å²) in [4.78, 5) is 24.1. The molecule has 1 atom stereocenters. The van der Waals surface area contributed by atoms with Gasteiger partial charge in [0.15, 0.2) is 0 Å². The third kappa shape index (κ3) is 2.29. The van der Waals surface area contributed by atoms with Crippen LogP contribution in [0.2, 0.25) is 0 Å². The molecule has 0 saturated carbocycles. The van der Waals surface area contributed by atoms with Gasteiger partial charge >= 0.3 is 6.18 Å². The molecule has 1 aromatic carbocycles. The van der Waals surface area contributed by atoms with E-state index in [0.29, 0.717) is 4.90 Å². The molecule has 0 unspecified atom stereocenters. The smallest absolute Gasteiger partial charge is 0.269 e. The molecule has 0 N–H and O–H groups in total. The van der Waals surface area contributed by atoms with Gasteiger partial charge in [-0.25, -0.2) is 0 Å². The van der Waals surface area contributed by atoms with E-state index >= 15 is 0 Å². The Labute approximate surface area is 106 Å². The third-order valence-corrected chi connectivity index (χ3v) is 2.71. The molecule has 19 heavy (non-hydrogen) atoms. The lowest BCUT2D eigenvalue weighted by Crippen LogP contribution is -2.41. The highest BCUT2D eigenvalue weighted by molar-refractivity contribution is 6.21. The molecule has 2 rings (SSSR count). The molecule has 2 amide bonds. The fourth-order valence-corrected chi connectivity index (χ4v) is 1.90. The van der Waals surface area contributed by atoms with Crippen LogP contribution < -0.4 is 0 Å². The highest BCUT2D eigenvalue weighted by atomic mass is 19.4. The molecule has 0 aliphatic carbocycles. The van der Waals surface area contributed by atoms with Crippen LogP contribution in [-0.4, -0.2) is 28.9 Å². The maximum Gasteiger partial charge on any atom is 0.392 e. The average molecular weight is 268 g/mol. The number of alkyl halides is 3. The number of rotatable bonds is 2. The molecular formula is C12H7F3N2O2. The number of nitrogens with zero attached hydrogens (tertiary/aromatic N) is 2. The Bertz CT molecular complexity index is 554. The van der Waals surface area contributed by atoms with Crippen LogP contribution in [0.1, 0.15) is 27.1 Å². The minimum Gasteiger partial charge on any atom is -0.269 e. The van der Waals surface area contributed by atoms with E-state index in [0.717, 1.165) is 0 Å². The zero-order valence-electron chi connectivity index (χ0n) is 9.44. The molecule has 98 valence electrons. The highest BCUT2D eigenvalue weighted by Crippen LogP contribution is 2.29. The number of halogens is 3. The van der Waals surface area contributed by atoms with Crippen molar-refractivity contribution < 1.29 is 22.8 Å². The van der Waals surface area contributed by atoms with E-state index in [1.165, 1.54) is 30.3 Å². The zero-order chi connectivity index (χ0) is 14.2. The molecule has 0 radical (unpaired) electrons. The van der Waals surface area contributed by atoms with Crippen LogP contribution in [0, 0.1) is 11.3 Å². The first-order valence-electron chi connectivity index (χ1n) is 5.28. The molecule has 0 saturated heterocycles. The summed E-state index contributed by atoms with van der Waals surface area (Å²) in [6.45, 7) is 0. The normalized spacial score (nSPS) is 16.2. The fourth-order valence-electron chi connectivity index (χ4n) is 1.90. The van der Waals surface area contributed by atoms with E-state index < -0.39 is 30.5 Å². The van der Waals surface area contributed by atoms with E-state index in [1.807, 2.05) is 0 Å². The maximum absolute atomic E-state index is 12.3. The van der Waals surface area contributed by atoms with Gasteiger partial charge in [0.2, 0.25) is 0 Å². The first-order chi connectivity index (χ1) is 8.85. The second-order valence-electron chi connectivity index (χ2n) is 3.99. The van der Waals surface area contributed by atoms with Crippen LogP contribution in [-0.2, 0) is 0 Å². The van der Waals surface area contributed by atoms with Crippen molar-refractivity contribution in [2.75, 3.05) is 0 Å². The molecule has 0 fully saturated rings. The van der Waals surface area contributed by atoms with Crippen molar-refractivity contribution in [1.82, 2.24) is 4.90 Å². The molecule has 0 spiro atoms. The van der Waals surface area contributed by atoms with E-state index in [9.17, 15) is 22.8 Å². The summed E-state index contributed by atoms with van der Waals surface area (Å²) in [5.74, 6) is -1.73. The van der Waals surface area contributed by atoms with Gasteiger partial charge in [-0.15, -0.1) is 0 Å². The number of imide groups is 1. The van der Waals surface area contributed by atoms with Gasteiger partial charge in [0.25, 0.3) is 11.8 Å². The predicted octanol–water partition coefficient (Wildman–Crippen LogP) is 2.13. The summed E-state index contributed by atoms with van der Waals surface area (Å²) in [7, 11) is 0. The molecule has 1 heterocycles. The Hall–Kier alpha value is -2.36. The number of hydrogen-bond acceptors (Lipinski definition) is 3. The van der Waals surface area contributed by atoms with Crippen LogP contribution in [0.25, 0.3) is 0 Å². The molecule has 1 aliphatic rings. The Morgan fingerprint density at radius 3 is 2.00 bits per heavy atom. The SMILES string of the molecule is N#C[C@@H](CC(F)(F)F)N1C(=O)c2ccccc2C1=O. The van der Waals surface area contributed by atoms with Gasteiger partial charge in [0.1, 0.15) is 6.04 Å². The highest BCUT2D eigenvalue weighted by Gasteiger charge is 2.44. The Kier molecular flexibility index (Phi) is 3.02. The van der Waals surface area contributed by atoms with Crippen LogP contribution in [0.3, 0.4) is 0 Å². The van der Waals surface area contributed by atoms with E-state index in [-0.39, 0.29) is 11.1 Å². The first-order valence-corrected chi connectivity index (χ1v) is 5.28. The van der Waals surface area contributed by atoms with Gasteiger partial charge in [0, 0.05) is 0 Å². The first kappa shape index (κ1) is 13.1.